The van der Waals surface area contributed by atoms with Crippen molar-refractivity contribution in [3.05, 3.63) is 35.9 Å². The van der Waals surface area contributed by atoms with E-state index in [9.17, 15) is 9.90 Å². The van der Waals surface area contributed by atoms with Gasteiger partial charge >= 0.3 is 6.03 Å². The van der Waals surface area contributed by atoms with Crippen LogP contribution in [0.1, 0.15) is 31.4 Å². The topological polar surface area (TPSA) is 61.4 Å². The number of carbonyl (C=O) groups excluding carboxylic acids is 1. The summed E-state index contributed by atoms with van der Waals surface area (Å²) in [6.45, 7) is 1.89. The number of nitrogens with one attached hydrogen (secondary N) is 2. The third kappa shape index (κ3) is 4.38. The molecule has 0 aromatic heterocycles. The summed E-state index contributed by atoms with van der Waals surface area (Å²) in [7, 11) is 0. The predicted molar refractivity (Wildman–Crippen MR) is 87.4 cm³/mol. The van der Waals surface area contributed by atoms with E-state index in [0.29, 0.717) is 5.92 Å². The maximum atomic E-state index is 12.3. The summed E-state index contributed by atoms with van der Waals surface area (Å²) in [5.41, 5.74) is 0.587. The molecule has 1 aliphatic carbocycles. The molecule has 1 aromatic rings. The van der Waals surface area contributed by atoms with Crippen molar-refractivity contribution in [3.8, 4) is 0 Å². The molecule has 116 valence electrons. The van der Waals surface area contributed by atoms with Crippen molar-refractivity contribution in [3.63, 3.8) is 0 Å². The van der Waals surface area contributed by atoms with Crippen molar-refractivity contribution in [2.24, 2.45) is 5.92 Å². The second kappa shape index (κ2) is 7.18. The van der Waals surface area contributed by atoms with E-state index in [-0.39, 0.29) is 18.7 Å². The number of benzene rings is 1. The van der Waals surface area contributed by atoms with Gasteiger partial charge in [0.05, 0.1) is 18.2 Å². The van der Waals surface area contributed by atoms with Crippen LogP contribution in [0.25, 0.3) is 0 Å². The van der Waals surface area contributed by atoms with Gasteiger partial charge in [0.25, 0.3) is 0 Å². The molecule has 3 N–H and O–H groups in total. The lowest BCUT2D eigenvalue weighted by Crippen LogP contribution is -2.54. The van der Waals surface area contributed by atoms with Gasteiger partial charge in [-0.25, -0.2) is 4.79 Å². The zero-order valence-corrected chi connectivity index (χ0v) is 13.5. The third-order valence-corrected chi connectivity index (χ3v) is 4.71. The Kier molecular flexibility index (Phi) is 5.53. The molecule has 4 nitrogen and oxygen atoms in total. The van der Waals surface area contributed by atoms with Gasteiger partial charge in [0.1, 0.15) is 0 Å². The van der Waals surface area contributed by atoms with Crippen LogP contribution in [0.4, 0.5) is 4.79 Å². The molecule has 5 heteroatoms. The van der Waals surface area contributed by atoms with E-state index in [4.69, 9.17) is 0 Å². The Bertz CT molecular complexity index is 465. The lowest BCUT2D eigenvalue weighted by atomic mass is 9.97. The summed E-state index contributed by atoms with van der Waals surface area (Å²) < 4.78 is 0. The highest BCUT2D eigenvalue weighted by Crippen LogP contribution is 2.39. The molecule has 0 saturated heterocycles. The van der Waals surface area contributed by atoms with Gasteiger partial charge in [-0.2, -0.15) is 11.8 Å². The third-order valence-electron chi connectivity index (χ3n) is 4.05. The Morgan fingerprint density at radius 3 is 2.62 bits per heavy atom. The fourth-order valence-electron chi connectivity index (χ4n) is 2.52. The number of amides is 2. The quantitative estimate of drug-likeness (QED) is 0.725. The van der Waals surface area contributed by atoms with Crippen LogP contribution >= 0.6 is 11.8 Å². The smallest absolute Gasteiger partial charge is 0.315 e. The Morgan fingerprint density at radius 2 is 2.10 bits per heavy atom. The molecule has 0 bridgehead atoms. The molecule has 2 amide bonds. The van der Waals surface area contributed by atoms with Crippen molar-refractivity contribution < 1.29 is 9.90 Å². The number of carbonyl (C=O) groups is 1. The minimum atomic E-state index is -0.509. The number of thioether (sulfide) groups is 1. The van der Waals surface area contributed by atoms with Crippen molar-refractivity contribution in [2.75, 3.05) is 18.6 Å². The normalized spacial score (nSPS) is 18.6. The molecule has 0 unspecified atom stereocenters. The second-order valence-corrected chi connectivity index (χ2v) is 6.78. The number of aliphatic hydroxyl groups is 1. The molecule has 0 radical (unpaired) electrons. The summed E-state index contributed by atoms with van der Waals surface area (Å²) >= 11 is 1.70. The van der Waals surface area contributed by atoms with E-state index in [0.717, 1.165) is 24.2 Å². The predicted octanol–water partition coefficient (Wildman–Crippen LogP) is 2.55. The van der Waals surface area contributed by atoms with Gasteiger partial charge in [0, 0.05) is 5.75 Å². The van der Waals surface area contributed by atoms with Crippen LogP contribution in [0.2, 0.25) is 0 Å². The first-order valence-electron chi connectivity index (χ1n) is 7.32. The second-order valence-electron chi connectivity index (χ2n) is 5.87. The lowest BCUT2D eigenvalue weighted by molar-refractivity contribution is 0.154. The van der Waals surface area contributed by atoms with Gasteiger partial charge in [0.2, 0.25) is 0 Å². The summed E-state index contributed by atoms with van der Waals surface area (Å²) in [6.07, 6.45) is 4.17. The van der Waals surface area contributed by atoms with Crippen LogP contribution in [0.15, 0.2) is 30.3 Å². The van der Waals surface area contributed by atoms with Crippen molar-refractivity contribution in [2.45, 2.75) is 31.3 Å². The maximum absolute atomic E-state index is 12.3. The average molecular weight is 308 g/mol. The Balaban J connectivity index is 1.98. The molecule has 1 aliphatic rings. The van der Waals surface area contributed by atoms with Gasteiger partial charge in [-0.15, -0.1) is 0 Å². The largest absolute Gasteiger partial charge is 0.394 e. The first-order chi connectivity index (χ1) is 10.1. The number of hydrogen-bond acceptors (Lipinski definition) is 3. The molecule has 1 aromatic carbocycles. The molecule has 0 spiro atoms. The molecule has 1 fully saturated rings. The molecule has 2 atom stereocenters. The van der Waals surface area contributed by atoms with Crippen LogP contribution in [0.5, 0.6) is 0 Å². The van der Waals surface area contributed by atoms with Crippen LogP contribution in [-0.2, 0) is 0 Å². The monoisotopic (exact) mass is 308 g/mol. The number of hydrogen-bond donors (Lipinski definition) is 3. The minimum absolute atomic E-state index is 0.0242. The Hall–Kier alpha value is -1.20. The first-order valence-corrected chi connectivity index (χ1v) is 8.72. The van der Waals surface area contributed by atoms with Crippen molar-refractivity contribution >= 4 is 17.8 Å². The van der Waals surface area contributed by atoms with Crippen molar-refractivity contribution in [1.29, 1.82) is 0 Å². The fourth-order valence-corrected chi connectivity index (χ4v) is 3.13. The summed E-state index contributed by atoms with van der Waals surface area (Å²) in [5.74, 6) is 1.21. The van der Waals surface area contributed by atoms with Crippen molar-refractivity contribution in [1.82, 2.24) is 10.6 Å². The van der Waals surface area contributed by atoms with E-state index >= 15 is 0 Å². The zero-order chi connectivity index (χ0) is 15.3. The van der Waals surface area contributed by atoms with E-state index < -0.39 is 5.54 Å². The van der Waals surface area contributed by atoms with Gasteiger partial charge in [-0.3, -0.25) is 0 Å². The number of urea groups is 1. The van der Waals surface area contributed by atoms with Crippen LogP contribution in [-0.4, -0.2) is 35.3 Å². The van der Waals surface area contributed by atoms with E-state index in [1.807, 2.05) is 43.5 Å². The van der Waals surface area contributed by atoms with E-state index in [1.165, 1.54) is 0 Å². The average Bonchev–Trinajstić information content (AvgIpc) is 3.32. The van der Waals surface area contributed by atoms with E-state index in [1.54, 1.807) is 11.8 Å². The van der Waals surface area contributed by atoms with Gasteiger partial charge in [-0.05, 0) is 37.5 Å². The highest BCUT2D eigenvalue weighted by atomic mass is 32.2. The van der Waals surface area contributed by atoms with Crippen LogP contribution < -0.4 is 10.6 Å². The zero-order valence-electron chi connectivity index (χ0n) is 12.6. The summed E-state index contributed by atoms with van der Waals surface area (Å²) in [4.78, 5) is 12.3. The van der Waals surface area contributed by atoms with Crippen LogP contribution in [0, 0.1) is 5.92 Å². The highest BCUT2D eigenvalue weighted by Gasteiger charge is 2.42. The van der Waals surface area contributed by atoms with Gasteiger partial charge in [0.15, 0.2) is 0 Å². The Labute approximate surface area is 130 Å². The molecule has 1 saturated carbocycles. The number of aliphatic hydroxyl groups excluding tert-OH is 1. The minimum Gasteiger partial charge on any atom is -0.394 e. The molecule has 0 aliphatic heterocycles. The fraction of sp³-hybridized carbons (Fsp3) is 0.562. The molecule has 0 heterocycles. The summed E-state index contributed by atoms with van der Waals surface area (Å²) in [5, 5.41) is 15.5. The maximum Gasteiger partial charge on any atom is 0.315 e. The van der Waals surface area contributed by atoms with Gasteiger partial charge in [-0.1, -0.05) is 30.3 Å². The van der Waals surface area contributed by atoms with Gasteiger partial charge < -0.3 is 15.7 Å². The van der Waals surface area contributed by atoms with E-state index in [2.05, 4.69) is 10.6 Å². The number of rotatable bonds is 7. The molecule has 2 rings (SSSR count). The Morgan fingerprint density at radius 1 is 1.43 bits per heavy atom. The molecule has 21 heavy (non-hydrogen) atoms. The standard InChI is InChI=1S/C16H24N2O2S/c1-16(11-19,13-8-9-13)18-15(20)17-14(10-21-2)12-6-4-3-5-7-12/h3-7,13-14,19H,8-11H2,1-2H3,(H2,17,18,20)/t14-,16-/m1/s1. The highest BCUT2D eigenvalue weighted by molar-refractivity contribution is 7.98. The molecular formula is C16H24N2O2S. The molecular weight excluding hydrogens is 284 g/mol. The van der Waals surface area contributed by atoms with Crippen LogP contribution in [0.3, 0.4) is 0 Å². The SMILES string of the molecule is CSC[C@@H](NC(=O)N[C@](C)(CO)C1CC1)c1ccccc1. The summed E-state index contributed by atoms with van der Waals surface area (Å²) in [6, 6.07) is 9.73. The lowest BCUT2D eigenvalue weighted by Gasteiger charge is -2.30. The first kappa shape index (κ1) is 16.2.